The molecule has 1 aromatic heterocycles. The van der Waals surface area contributed by atoms with Crippen LogP contribution in [0.4, 0.5) is 0 Å². The lowest BCUT2D eigenvalue weighted by Gasteiger charge is -2.26. The van der Waals surface area contributed by atoms with Crippen LogP contribution in [0.15, 0.2) is 30.3 Å². The molecular weight excluding hydrogens is 218 g/mol. The summed E-state index contributed by atoms with van der Waals surface area (Å²) in [7, 11) is 0. The molecule has 88 valence electrons. The van der Waals surface area contributed by atoms with Crippen LogP contribution in [0.1, 0.15) is 5.82 Å². The Hall–Kier alpha value is -1.79. The first-order valence-electron chi connectivity index (χ1n) is 5.57. The Labute approximate surface area is 98.6 Å². The van der Waals surface area contributed by atoms with Gasteiger partial charge in [-0.3, -0.25) is 0 Å². The minimum Gasteiger partial charge on any atom is -0.378 e. The molecule has 0 spiro atoms. The molecule has 6 heteroatoms. The second kappa shape index (κ2) is 4.60. The molecule has 1 aliphatic rings. The summed E-state index contributed by atoms with van der Waals surface area (Å²) >= 11 is 0. The highest BCUT2D eigenvalue weighted by molar-refractivity contribution is 5.30. The van der Waals surface area contributed by atoms with Crippen molar-refractivity contribution >= 4 is 0 Å². The smallest absolute Gasteiger partial charge is 0.170 e. The van der Waals surface area contributed by atoms with Gasteiger partial charge in [-0.15, -0.1) is 5.10 Å². The van der Waals surface area contributed by atoms with Crippen LogP contribution in [0.5, 0.6) is 0 Å². The van der Waals surface area contributed by atoms with Gasteiger partial charge in [0.05, 0.1) is 31.5 Å². The number of tetrazole rings is 1. The summed E-state index contributed by atoms with van der Waals surface area (Å²) in [6, 6.07) is 10.3. The van der Waals surface area contributed by atoms with Crippen LogP contribution in [0.25, 0.3) is 5.69 Å². The maximum atomic E-state index is 5.10. The molecule has 0 unspecified atom stereocenters. The molecule has 0 saturated carbocycles. The number of rotatable bonds is 4. The van der Waals surface area contributed by atoms with Crippen molar-refractivity contribution in [2.24, 2.45) is 0 Å². The zero-order chi connectivity index (χ0) is 11.5. The van der Waals surface area contributed by atoms with Crippen LogP contribution in [-0.4, -0.2) is 39.5 Å². The number of para-hydroxylation sites is 1. The molecule has 1 fully saturated rings. The first-order chi connectivity index (χ1) is 8.43. The van der Waals surface area contributed by atoms with Gasteiger partial charge in [-0.25, -0.2) is 0 Å². The third kappa shape index (κ3) is 2.17. The summed E-state index contributed by atoms with van der Waals surface area (Å²) < 4.78 is 6.84. The second-order valence-corrected chi connectivity index (χ2v) is 3.96. The first kappa shape index (κ1) is 10.4. The average molecular weight is 231 g/mol. The lowest BCUT2D eigenvalue weighted by Crippen LogP contribution is -2.45. The lowest BCUT2D eigenvalue weighted by molar-refractivity contribution is -0.00611. The Morgan fingerprint density at radius 3 is 2.82 bits per heavy atom. The van der Waals surface area contributed by atoms with Gasteiger partial charge in [-0.2, -0.15) is 4.68 Å². The topological polar surface area (TPSA) is 64.9 Å². The molecule has 0 radical (unpaired) electrons. The van der Waals surface area contributed by atoms with E-state index in [0.29, 0.717) is 12.6 Å². The number of nitrogens with zero attached hydrogens (tertiary/aromatic N) is 4. The summed E-state index contributed by atoms with van der Waals surface area (Å²) in [5, 5.41) is 15.1. The summed E-state index contributed by atoms with van der Waals surface area (Å²) in [5.41, 5.74) is 0.971. The SMILES string of the molecule is c1ccc(-n2nnnc2CNC2COC2)cc1. The number of hydrogen-bond acceptors (Lipinski definition) is 5. The van der Waals surface area contributed by atoms with Gasteiger partial charge >= 0.3 is 0 Å². The van der Waals surface area contributed by atoms with Gasteiger partial charge < -0.3 is 10.1 Å². The minimum absolute atomic E-state index is 0.427. The van der Waals surface area contributed by atoms with E-state index < -0.39 is 0 Å². The van der Waals surface area contributed by atoms with E-state index in [0.717, 1.165) is 24.7 Å². The van der Waals surface area contributed by atoms with Crippen LogP contribution >= 0.6 is 0 Å². The minimum atomic E-state index is 0.427. The van der Waals surface area contributed by atoms with E-state index in [1.807, 2.05) is 30.3 Å². The number of aromatic nitrogens is 4. The van der Waals surface area contributed by atoms with Gasteiger partial charge in [-0.1, -0.05) is 18.2 Å². The zero-order valence-electron chi connectivity index (χ0n) is 9.28. The van der Waals surface area contributed by atoms with Crippen LogP contribution in [-0.2, 0) is 11.3 Å². The molecule has 0 aliphatic carbocycles. The largest absolute Gasteiger partial charge is 0.378 e. The molecule has 0 amide bonds. The Kier molecular flexibility index (Phi) is 2.81. The van der Waals surface area contributed by atoms with Gasteiger partial charge in [0.15, 0.2) is 5.82 Å². The van der Waals surface area contributed by atoms with E-state index >= 15 is 0 Å². The standard InChI is InChI=1S/C11H13N5O/c1-2-4-10(5-3-1)16-11(13-14-15-16)6-12-9-7-17-8-9/h1-5,9,12H,6-8H2. The highest BCUT2D eigenvalue weighted by Gasteiger charge is 2.18. The number of benzene rings is 1. The average Bonchev–Trinajstić information content (AvgIpc) is 2.76. The highest BCUT2D eigenvalue weighted by atomic mass is 16.5. The van der Waals surface area contributed by atoms with E-state index in [1.54, 1.807) is 4.68 Å². The Bertz CT molecular complexity index is 480. The second-order valence-electron chi connectivity index (χ2n) is 3.96. The maximum Gasteiger partial charge on any atom is 0.170 e. The number of hydrogen-bond donors (Lipinski definition) is 1. The molecule has 2 aromatic rings. The maximum absolute atomic E-state index is 5.10. The fraction of sp³-hybridized carbons (Fsp3) is 0.364. The van der Waals surface area contributed by atoms with Crippen LogP contribution in [0.2, 0.25) is 0 Å². The first-order valence-corrected chi connectivity index (χ1v) is 5.57. The van der Waals surface area contributed by atoms with E-state index in [4.69, 9.17) is 4.74 Å². The quantitative estimate of drug-likeness (QED) is 0.811. The molecule has 0 bridgehead atoms. The van der Waals surface area contributed by atoms with Crippen molar-refractivity contribution in [3.63, 3.8) is 0 Å². The predicted molar refractivity (Wildman–Crippen MR) is 60.6 cm³/mol. The monoisotopic (exact) mass is 231 g/mol. The third-order valence-electron chi connectivity index (χ3n) is 2.72. The molecule has 1 aliphatic heterocycles. The molecule has 3 rings (SSSR count). The van der Waals surface area contributed by atoms with Crippen molar-refractivity contribution in [1.82, 2.24) is 25.5 Å². The summed E-state index contributed by atoms with van der Waals surface area (Å²) in [6.45, 7) is 2.19. The van der Waals surface area contributed by atoms with Gasteiger partial charge in [-0.05, 0) is 22.6 Å². The van der Waals surface area contributed by atoms with E-state index in [1.165, 1.54) is 0 Å². The summed E-state index contributed by atoms with van der Waals surface area (Å²) in [6.07, 6.45) is 0. The van der Waals surface area contributed by atoms with Crippen molar-refractivity contribution in [2.45, 2.75) is 12.6 Å². The molecule has 1 N–H and O–H groups in total. The van der Waals surface area contributed by atoms with Crippen molar-refractivity contribution in [2.75, 3.05) is 13.2 Å². The summed E-state index contributed by atoms with van der Waals surface area (Å²) in [4.78, 5) is 0. The predicted octanol–water partition coefficient (Wildman–Crippen LogP) is 0.151. The molecule has 2 heterocycles. The van der Waals surface area contributed by atoms with Gasteiger partial charge in [0.2, 0.25) is 0 Å². The normalized spacial score (nSPS) is 15.8. The number of ether oxygens (including phenoxy) is 1. The molecule has 1 aromatic carbocycles. The fourth-order valence-corrected chi connectivity index (χ4v) is 1.67. The fourth-order valence-electron chi connectivity index (χ4n) is 1.67. The van der Waals surface area contributed by atoms with Crippen LogP contribution < -0.4 is 5.32 Å². The zero-order valence-corrected chi connectivity index (χ0v) is 9.28. The molecular formula is C11H13N5O. The van der Waals surface area contributed by atoms with Gasteiger partial charge in [0.25, 0.3) is 0 Å². The van der Waals surface area contributed by atoms with Crippen LogP contribution in [0.3, 0.4) is 0 Å². The third-order valence-corrected chi connectivity index (χ3v) is 2.72. The summed E-state index contributed by atoms with van der Waals surface area (Å²) in [5.74, 6) is 0.808. The Morgan fingerprint density at radius 2 is 2.12 bits per heavy atom. The highest BCUT2D eigenvalue weighted by Crippen LogP contribution is 2.07. The van der Waals surface area contributed by atoms with Gasteiger partial charge in [0, 0.05) is 0 Å². The molecule has 17 heavy (non-hydrogen) atoms. The lowest BCUT2D eigenvalue weighted by atomic mass is 10.2. The van der Waals surface area contributed by atoms with E-state index in [9.17, 15) is 0 Å². The van der Waals surface area contributed by atoms with Crippen molar-refractivity contribution in [1.29, 1.82) is 0 Å². The van der Waals surface area contributed by atoms with E-state index in [2.05, 4.69) is 20.8 Å². The van der Waals surface area contributed by atoms with Crippen molar-refractivity contribution in [3.8, 4) is 5.69 Å². The Morgan fingerprint density at radius 1 is 1.29 bits per heavy atom. The van der Waals surface area contributed by atoms with Crippen molar-refractivity contribution in [3.05, 3.63) is 36.2 Å². The van der Waals surface area contributed by atoms with Gasteiger partial charge in [0.1, 0.15) is 0 Å². The number of nitrogens with one attached hydrogen (secondary N) is 1. The van der Waals surface area contributed by atoms with Crippen LogP contribution in [0, 0.1) is 0 Å². The van der Waals surface area contributed by atoms with E-state index in [-0.39, 0.29) is 0 Å². The van der Waals surface area contributed by atoms with Crippen molar-refractivity contribution < 1.29 is 4.74 Å². The molecule has 1 saturated heterocycles. The molecule has 0 atom stereocenters. The molecule has 6 nitrogen and oxygen atoms in total. The Balaban J connectivity index is 1.74.